The molecule has 0 spiro atoms. The van der Waals surface area contributed by atoms with Crippen LogP contribution in [-0.2, 0) is 0 Å². The number of hydrogen-bond acceptors (Lipinski definition) is 3. The molecule has 3 nitrogen and oxygen atoms in total. The molecule has 0 N–H and O–H groups in total. The van der Waals surface area contributed by atoms with Crippen molar-refractivity contribution in [3.8, 4) is 11.5 Å². The molecule has 2 aromatic carbocycles. The summed E-state index contributed by atoms with van der Waals surface area (Å²) in [6.07, 6.45) is 0. The van der Waals surface area contributed by atoms with Gasteiger partial charge in [-0.15, -0.1) is 0 Å². The van der Waals surface area contributed by atoms with E-state index in [1.165, 1.54) is 0 Å². The topological polar surface area (TPSA) is 35.5 Å². The van der Waals surface area contributed by atoms with Crippen LogP contribution >= 0.6 is 15.9 Å². The molecule has 0 amide bonds. The van der Waals surface area contributed by atoms with Crippen LogP contribution in [0.4, 0.5) is 0 Å². The van der Waals surface area contributed by atoms with E-state index in [9.17, 15) is 4.79 Å². The molecule has 0 heterocycles. The van der Waals surface area contributed by atoms with Crippen molar-refractivity contribution in [2.75, 3.05) is 7.11 Å². The first kappa shape index (κ1) is 13.6. The summed E-state index contributed by atoms with van der Waals surface area (Å²) >= 11 is 3.37. The van der Waals surface area contributed by atoms with Crippen LogP contribution in [0.15, 0.2) is 46.9 Å². The zero-order valence-corrected chi connectivity index (χ0v) is 12.2. The smallest absolute Gasteiger partial charge is 0.343 e. The molecule has 0 saturated heterocycles. The highest BCUT2D eigenvalue weighted by molar-refractivity contribution is 9.10. The summed E-state index contributed by atoms with van der Waals surface area (Å²) in [6, 6.07) is 12.4. The number of esters is 1. The molecule has 0 aliphatic carbocycles. The van der Waals surface area contributed by atoms with Crippen LogP contribution in [0.25, 0.3) is 0 Å². The lowest BCUT2D eigenvalue weighted by Crippen LogP contribution is -2.08. The Morgan fingerprint density at radius 3 is 2.63 bits per heavy atom. The number of carbonyl (C=O) groups excluding carboxylic acids is 1. The van der Waals surface area contributed by atoms with Crippen molar-refractivity contribution in [1.29, 1.82) is 0 Å². The minimum absolute atomic E-state index is 0.413. The molecule has 2 aromatic rings. The third-order valence-electron chi connectivity index (χ3n) is 2.60. The van der Waals surface area contributed by atoms with Crippen molar-refractivity contribution in [3.63, 3.8) is 0 Å². The zero-order valence-electron chi connectivity index (χ0n) is 10.6. The maximum atomic E-state index is 12.0. The van der Waals surface area contributed by atoms with E-state index in [2.05, 4.69) is 15.9 Å². The second kappa shape index (κ2) is 5.89. The molecule has 19 heavy (non-hydrogen) atoms. The van der Waals surface area contributed by atoms with Crippen LogP contribution in [0.2, 0.25) is 0 Å². The first-order chi connectivity index (χ1) is 9.10. The maximum Gasteiger partial charge on any atom is 0.343 e. The summed E-state index contributed by atoms with van der Waals surface area (Å²) in [7, 11) is 1.56. The Hall–Kier alpha value is -1.81. The second-order valence-corrected chi connectivity index (χ2v) is 4.91. The predicted octanol–water partition coefficient (Wildman–Crippen LogP) is 3.99. The van der Waals surface area contributed by atoms with Gasteiger partial charge >= 0.3 is 5.97 Å². The van der Waals surface area contributed by atoms with Gasteiger partial charge in [-0.2, -0.15) is 0 Å². The number of halogens is 1. The fraction of sp³-hybridized carbons (Fsp3) is 0.133. The Balaban J connectivity index is 2.20. The molecule has 0 fully saturated rings. The highest BCUT2D eigenvalue weighted by Gasteiger charge is 2.11. The van der Waals surface area contributed by atoms with Crippen molar-refractivity contribution >= 4 is 21.9 Å². The average molecular weight is 321 g/mol. The fourth-order valence-electron chi connectivity index (χ4n) is 1.60. The molecule has 0 unspecified atom stereocenters. The second-order valence-electron chi connectivity index (χ2n) is 4.06. The first-order valence-electron chi connectivity index (χ1n) is 5.72. The number of ether oxygens (including phenoxy) is 2. The summed E-state index contributed by atoms with van der Waals surface area (Å²) in [6.45, 7) is 1.97. The zero-order chi connectivity index (χ0) is 13.8. The van der Waals surface area contributed by atoms with Gasteiger partial charge in [0.05, 0.1) is 17.1 Å². The average Bonchev–Trinajstić information content (AvgIpc) is 2.42. The van der Waals surface area contributed by atoms with Crippen molar-refractivity contribution in [2.24, 2.45) is 0 Å². The van der Waals surface area contributed by atoms with Gasteiger partial charge in [-0.25, -0.2) is 4.79 Å². The van der Waals surface area contributed by atoms with Crippen LogP contribution in [0.3, 0.4) is 0 Å². The van der Waals surface area contributed by atoms with Gasteiger partial charge < -0.3 is 9.47 Å². The van der Waals surface area contributed by atoms with Gasteiger partial charge in [0.2, 0.25) is 0 Å². The van der Waals surface area contributed by atoms with Crippen LogP contribution in [0, 0.1) is 6.92 Å². The van der Waals surface area contributed by atoms with E-state index >= 15 is 0 Å². The first-order valence-corrected chi connectivity index (χ1v) is 6.52. The molecular weight excluding hydrogens is 308 g/mol. The van der Waals surface area contributed by atoms with Crippen LogP contribution in [0.1, 0.15) is 15.9 Å². The standard InChI is InChI=1S/C15H13BrO3/c1-10-6-7-14(13(16)8-10)19-15(17)11-4-3-5-12(9-11)18-2/h3-9H,1-2H3. The van der Waals surface area contributed by atoms with Crippen LogP contribution in [-0.4, -0.2) is 13.1 Å². The third-order valence-corrected chi connectivity index (χ3v) is 3.22. The molecular formula is C15H13BrO3. The largest absolute Gasteiger partial charge is 0.497 e. The number of rotatable bonds is 3. The normalized spacial score (nSPS) is 10.1. The van der Waals surface area contributed by atoms with Crippen LogP contribution < -0.4 is 9.47 Å². The Kier molecular flexibility index (Phi) is 4.22. The maximum absolute atomic E-state index is 12.0. The van der Waals surface area contributed by atoms with Gasteiger partial charge in [0.15, 0.2) is 0 Å². The molecule has 0 aromatic heterocycles. The third kappa shape index (κ3) is 3.35. The Morgan fingerprint density at radius 2 is 1.95 bits per heavy atom. The van der Waals surface area contributed by atoms with E-state index in [4.69, 9.17) is 9.47 Å². The van der Waals surface area contributed by atoms with Crippen molar-refractivity contribution in [2.45, 2.75) is 6.92 Å². The summed E-state index contributed by atoms with van der Waals surface area (Å²) in [4.78, 5) is 12.0. The molecule has 0 radical (unpaired) electrons. The SMILES string of the molecule is COc1cccc(C(=O)Oc2ccc(C)cc2Br)c1. The van der Waals surface area contributed by atoms with E-state index in [1.54, 1.807) is 37.4 Å². The van der Waals surface area contributed by atoms with E-state index in [1.807, 2.05) is 19.1 Å². The van der Waals surface area contributed by atoms with E-state index in [0.29, 0.717) is 17.1 Å². The van der Waals surface area contributed by atoms with Gasteiger partial charge in [-0.05, 0) is 58.7 Å². The number of hydrogen-bond donors (Lipinski definition) is 0. The molecule has 0 aliphatic heterocycles. The summed E-state index contributed by atoms with van der Waals surface area (Å²) in [5.74, 6) is 0.708. The highest BCUT2D eigenvalue weighted by atomic mass is 79.9. The van der Waals surface area contributed by atoms with Crippen molar-refractivity contribution in [3.05, 3.63) is 58.1 Å². The van der Waals surface area contributed by atoms with Gasteiger partial charge in [0, 0.05) is 0 Å². The molecule has 4 heteroatoms. The molecule has 98 valence electrons. The highest BCUT2D eigenvalue weighted by Crippen LogP contribution is 2.26. The molecule has 0 atom stereocenters. The van der Waals surface area contributed by atoms with E-state index in [0.717, 1.165) is 10.0 Å². The minimum Gasteiger partial charge on any atom is -0.497 e. The van der Waals surface area contributed by atoms with Crippen LogP contribution in [0.5, 0.6) is 11.5 Å². The van der Waals surface area contributed by atoms with Gasteiger partial charge in [-0.1, -0.05) is 12.1 Å². The van der Waals surface area contributed by atoms with Gasteiger partial charge in [0.25, 0.3) is 0 Å². The lowest BCUT2D eigenvalue weighted by Gasteiger charge is -2.08. The minimum atomic E-state index is -0.413. The summed E-state index contributed by atoms with van der Waals surface area (Å²) < 4.78 is 11.2. The molecule has 0 aliphatic rings. The fourth-order valence-corrected chi connectivity index (χ4v) is 2.17. The quantitative estimate of drug-likeness (QED) is 0.633. The monoisotopic (exact) mass is 320 g/mol. The Bertz CT molecular complexity index is 608. The molecule has 2 rings (SSSR count). The Morgan fingerprint density at radius 1 is 1.16 bits per heavy atom. The lowest BCUT2D eigenvalue weighted by molar-refractivity contribution is 0.0733. The lowest BCUT2D eigenvalue weighted by atomic mass is 10.2. The number of aryl methyl sites for hydroxylation is 1. The van der Waals surface area contributed by atoms with E-state index < -0.39 is 5.97 Å². The number of carbonyl (C=O) groups is 1. The predicted molar refractivity (Wildman–Crippen MR) is 76.8 cm³/mol. The molecule has 0 bridgehead atoms. The summed E-state index contributed by atoms with van der Waals surface area (Å²) in [5.41, 5.74) is 1.54. The number of methoxy groups -OCH3 is 1. The van der Waals surface area contributed by atoms with Crippen molar-refractivity contribution < 1.29 is 14.3 Å². The summed E-state index contributed by atoms with van der Waals surface area (Å²) in [5, 5.41) is 0. The Labute approximate surface area is 120 Å². The van der Waals surface area contributed by atoms with Gasteiger partial charge in [-0.3, -0.25) is 0 Å². The molecule has 0 saturated carbocycles. The number of benzene rings is 2. The van der Waals surface area contributed by atoms with E-state index in [-0.39, 0.29) is 0 Å². The van der Waals surface area contributed by atoms with Crippen molar-refractivity contribution in [1.82, 2.24) is 0 Å². The van der Waals surface area contributed by atoms with Gasteiger partial charge in [0.1, 0.15) is 11.5 Å².